The molecular formula is C16H22ClNO2. The molecule has 0 aromatic heterocycles. The Kier molecular flexibility index (Phi) is 5.06. The summed E-state index contributed by atoms with van der Waals surface area (Å²) < 4.78 is 0. The first-order chi connectivity index (χ1) is 9.52. The summed E-state index contributed by atoms with van der Waals surface area (Å²) in [5.41, 5.74) is 0.510. The molecule has 1 aromatic rings. The van der Waals surface area contributed by atoms with Crippen molar-refractivity contribution in [2.45, 2.75) is 44.6 Å². The maximum Gasteiger partial charge on any atom is 0.305 e. The summed E-state index contributed by atoms with van der Waals surface area (Å²) in [6.07, 6.45) is 4.84. The molecule has 1 fully saturated rings. The fourth-order valence-corrected chi connectivity index (χ4v) is 3.27. The van der Waals surface area contributed by atoms with Crippen molar-refractivity contribution in [3.8, 4) is 0 Å². The predicted molar refractivity (Wildman–Crippen MR) is 81.1 cm³/mol. The van der Waals surface area contributed by atoms with E-state index in [1.807, 2.05) is 31.2 Å². The van der Waals surface area contributed by atoms with Crippen molar-refractivity contribution >= 4 is 17.6 Å². The summed E-state index contributed by atoms with van der Waals surface area (Å²) in [6.45, 7) is 3.94. The summed E-state index contributed by atoms with van der Waals surface area (Å²) in [5.74, 6) is -0.767. The van der Waals surface area contributed by atoms with Gasteiger partial charge in [-0.15, -0.1) is 0 Å². The molecule has 1 aliphatic heterocycles. The molecule has 0 spiro atoms. The van der Waals surface area contributed by atoms with Crippen molar-refractivity contribution in [1.29, 1.82) is 0 Å². The zero-order valence-electron chi connectivity index (χ0n) is 11.9. The Morgan fingerprint density at radius 1 is 1.30 bits per heavy atom. The highest BCUT2D eigenvalue weighted by atomic mass is 35.5. The van der Waals surface area contributed by atoms with Crippen LogP contribution in [0.25, 0.3) is 0 Å². The Morgan fingerprint density at radius 3 is 2.50 bits per heavy atom. The molecule has 1 unspecified atom stereocenters. The van der Waals surface area contributed by atoms with Gasteiger partial charge < -0.3 is 5.11 Å². The van der Waals surface area contributed by atoms with E-state index in [-0.39, 0.29) is 6.42 Å². The molecule has 0 radical (unpaired) electrons. The monoisotopic (exact) mass is 295 g/mol. The molecule has 0 saturated carbocycles. The molecule has 2 rings (SSSR count). The predicted octanol–water partition coefficient (Wildman–Crippen LogP) is 3.91. The highest BCUT2D eigenvalue weighted by molar-refractivity contribution is 6.30. The van der Waals surface area contributed by atoms with Crippen LogP contribution in [-0.2, 0) is 10.3 Å². The third-order valence-corrected chi connectivity index (χ3v) is 4.48. The summed E-state index contributed by atoms with van der Waals surface area (Å²) in [5, 5.41) is 9.98. The number of aliphatic carboxylic acids is 1. The molecule has 110 valence electrons. The average Bonchev–Trinajstić information content (AvgIpc) is 2.67. The van der Waals surface area contributed by atoms with Crippen molar-refractivity contribution in [3.63, 3.8) is 0 Å². The highest BCUT2D eigenvalue weighted by Gasteiger charge is 2.36. The second kappa shape index (κ2) is 6.59. The van der Waals surface area contributed by atoms with Crippen LogP contribution in [0.1, 0.15) is 44.6 Å². The Labute approximate surface area is 125 Å². The van der Waals surface area contributed by atoms with Gasteiger partial charge in [-0.1, -0.05) is 36.6 Å². The largest absolute Gasteiger partial charge is 0.481 e. The lowest BCUT2D eigenvalue weighted by Crippen LogP contribution is -2.46. The topological polar surface area (TPSA) is 40.5 Å². The van der Waals surface area contributed by atoms with E-state index in [9.17, 15) is 9.90 Å². The number of hydrogen-bond donors (Lipinski definition) is 1. The summed E-state index contributed by atoms with van der Waals surface area (Å²) >= 11 is 6.09. The fraction of sp³-hybridized carbons (Fsp3) is 0.562. The number of carbonyl (C=O) groups is 1. The van der Waals surface area contributed by atoms with Gasteiger partial charge in [0, 0.05) is 5.02 Å². The van der Waals surface area contributed by atoms with Gasteiger partial charge in [0.2, 0.25) is 0 Å². The minimum Gasteiger partial charge on any atom is -0.481 e. The van der Waals surface area contributed by atoms with E-state index < -0.39 is 11.5 Å². The highest BCUT2D eigenvalue weighted by Crippen LogP contribution is 2.35. The third-order valence-electron chi connectivity index (χ3n) is 4.25. The molecule has 0 aliphatic carbocycles. The van der Waals surface area contributed by atoms with Crippen molar-refractivity contribution in [2.24, 2.45) is 0 Å². The van der Waals surface area contributed by atoms with Crippen LogP contribution in [0.5, 0.6) is 0 Å². The molecule has 4 heteroatoms. The molecular weight excluding hydrogens is 274 g/mol. The van der Waals surface area contributed by atoms with E-state index >= 15 is 0 Å². The Morgan fingerprint density at radius 2 is 1.95 bits per heavy atom. The van der Waals surface area contributed by atoms with Crippen LogP contribution in [0.15, 0.2) is 24.3 Å². The second-order valence-corrected chi connectivity index (χ2v) is 6.19. The minimum atomic E-state index is -0.767. The van der Waals surface area contributed by atoms with Crippen LogP contribution < -0.4 is 0 Å². The van der Waals surface area contributed by atoms with Gasteiger partial charge in [-0.05, 0) is 50.6 Å². The van der Waals surface area contributed by atoms with Crippen LogP contribution in [0, 0.1) is 0 Å². The first-order valence-electron chi connectivity index (χ1n) is 7.25. The zero-order chi connectivity index (χ0) is 14.6. The van der Waals surface area contributed by atoms with Crippen molar-refractivity contribution in [2.75, 3.05) is 13.1 Å². The molecule has 1 heterocycles. The molecule has 1 aromatic carbocycles. The van der Waals surface area contributed by atoms with Crippen LogP contribution in [-0.4, -0.2) is 29.1 Å². The molecule has 1 atom stereocenters. The molecule has 20 heavy (non-hydrogen) atoms. The summed E-state index contributed by atoms with van der Waals surface area (Å²) in [4.78, 5) is 13.7. The number of rotatable bonds is 4. The van der Waals surface area contributed by atoms with E-state index in [0.29, 0.717) is 5.02 Å². The quantitative estimate of drug-likeness (QED) is 0.915. The lowest BCUT2D eigenvalue weighted by molar-refractivity contribution is -0.140. The number of nitrogens with zero attached hydrogens (tertiary/aromatic N) is 1. The zero-order valence-corrected chi connectivity index (χ0v) is 12.7. The lowest BCUT2D eigenvalue weighted by atomic mass is 9.86. The van der Waals surface area contributed by atoms with Crippen molar-refractivity contribution < 1.29 is 9.90 Å². The normalized spacial score (nSPS) is 20.1. The van der Waals surface area contributed by atoms with Crippen molar-refractivity contribution in [1.82, 2.24) is 4.90 Å². The average molecular weight is 296 g/mol. The van der Waals surface area contributed by atoms with Gasteiger partial charge >= 0.3 is 5.97 Å². The van der Waals surface area contributed by atoms with Crippen molar-refractivity contribution in [3.05, 3.63) is 34.9 Å². The van der Waals surface area contributed by atoms with Crippen LogP contribution in [0.4, 0.5) is 0 Å². The van der Waals surface area contributed by atoms with Gasteiger partial charge in [-0.2, -0.15) is 0 Å². The maximum absolute atomic E-state index is 11.3. The number of carboxylic acids is 1. The smallest absolute Gasteiger partial charge is 0.305 e. The molecule has 0 bridgehead atoms. The van der Waals surface area contributed by atoms with Gasteiger partial charge in [-0.25, -0.2) is 0 Å². The second-order valence-electron chi connectivity index (χ2n) is 5.76. The number of carboxylic acid groups (broad SMARTS) is 1. The Hall–Kier alpha value is -1.06. The lowest BCUT2D eigenvalue weighted by Gasteiger charge is -2.40. The van der Waals surface area contributed by atoms with E-state index in [1.54, 1.807) is 0 Å². The Balaban J connectivity index is 2.35. The van der Waals surface area contributed by atoms with E-state index in [2.05, 4.69) is 4.90 Å². The molecule has 1 N–H and O–H groups in total. The van der Waals surface area contributed by atoms with Crippen LogP contribution >= 0.6 is 11.6 Å². The number of halogens is 1. The molecule has 1 aliphatic rings. The van der Waals surface area contributed by atoms with Crippen LogP contribution in [0.2, 0.25) is 5.02 Å². The first-order valence-corrected chi connectivity index (χ1v) is 7.63. The van der Waals surface area contributed by atoms with Gasteiger partial charge in [-0.3, -0.25) is 9.69 Å². The number of hydrogen-bond acceptors (Lipinski definition) is 2. The van der Waals surface area contributed by atoms with E-state index in [4.69, 9.17) is 11.6 Å². The third kappa shape index (κ3) is 3.53. The van der Waals surface area contributed by atoms with E-state index in [0.717, 1.165) is 31.5 Å². The molecule has 0 amide bonds. The minimum absolute atomic E-state index is 0.105. The van der Waals surface area contributed by atoms with Crippen LogP contribution in [0.3, 0.4) is 0 Å². The number of benzene rings is 1. The molecule has 3 nitrogen and oxygen atoms in total. The van der Waals surface area contributed by atoms with E-state index in [1.165, 1.54) is 12.8 Å². The summed E-state index contributed by atoms with van der Waals surface area (Å²) in [6, 6.07) is 7.61. The summed E-state index contributed by atoms with van der Waals surface area (Å²) in [7, 11) is 0. The SMILES string of the molecule is CC(CC(=O)O)(c1cccc(Cl)c1)N1CCCCCC1. The Bertz CT molecular complexity index is 469. The van der Waals surface area contributed by atoms with Gasteiger partial charge in [0.05, 0.1) is 12.0 Å². The standard InChI is InChI=1S/C16H22ClNO2/c1-16(12-15(19)20,13-7-6-8-14(17)11-13)18-9-4-2-3-5-10-18/h6-8,11H,2-5,9-10,12H2,1H3,(H,19,20). The number of likely N-dealkylation sites (tertiary alicyclic amines) is 1. The van der Waals surface area contributed by atoms with Gasteiger partial charge in [0.15, 0.2) is 0 Å². The maximum atomic E-state index is 11.3. The van der Waals surface area contributed by atoms with Gasteiger partial charge in [0.25, 0.3) is 0 Å². The fourth-order valence-electron chi connectivity index (χ4n) is 3.08. The van der Waals surface area contributed by atoms with Gasteiger partial charge in [0.1, 0.15) is 0 Å². The first kappa shape index (κ1) is 15.3. The molecule has 1 saturated heterocycles.